The summed E-state index contributed by atoms with van der Waals surface area (Å²) in [6.45, 7) is 0. The van der Waals surface area contributed by atoms with E-state index in [-0.39, 0.29) is 5.56 Å². The Morgan fingerprint density at radius 1 is 1.20 bits per heavy atom. The van der Waals surface area contributed by atoms with Gasteiger partial charge < -0.3 is 15.6 Å². The molecule has 3 N–H and O–H groups in total. The van der Waals surface area contributed by atoms with Crippen LogP contribution >= 0.6 is 0 Å². The molecule has 0 spiro atoms. The minimum Gasteiger partial charge on any atom is -0.423 e. The first kappa shape index (κ1) is 13.6. The number of hydrogen-bond acceptors (Lipinski definition) is 5. The van der Waals surface area contributed by atoms with Crippen LogP contribution in [0.2, 0.25) is 0 Å². The largest absolute Gasteiger partial charge is 0.423 e. The highest BCUT2D eigenvalue weighted by Crippen LogP contribution is 2.19. The Morgan fingerprint density at radius 3 is 2.45 bits per heavy atom. The molecule has 0 aliphatic carbocycles. The molecular weight excluding hydrogens is 256 g/mol. The molecule has 0 radical (unpaired) electrons. The summed E-state index contributed by atoms with van der Waals surface area (Å²) in [6.07, 6.45) is -1.19. The maximum Gasteiger partial charge on any atom is 0.345 e. The van der Waals surface area contributed by atoms with Crippen LogP contribution in [0.15, 0.2) is 48.5 Å². The number of nitriles is 1. The van der Waals surface area contributed by atoms with Crippen molar-refractivity contribution in [2.75, 3.05) is 5.73 Å². The van der Waals surface area contributed by atoms with Crippen molar-refractivity contribution < 1.29 is 14.6 Å². The maximum absolute atomic E-state index is 11.9. The van der Waals surface area contributed by atoms with Crippen molar-refractivity contribution in [2.24, 2.45) is 0 Å². The highest BCUT2D eigenvalue weighted by molar-refractivity contribution is 5.96. The molecular formula is C15H12N2O3. The van der Waals surface area contributed by atoms with Gasteiger partial charge in [-0.15, -0.1) is 0 Å². The summed E-state index contributed by atoms with van der Waals surface area (Å²) in [4.78, 5) is 11.9. The molecule has 2 rings (SSSR count). The Bertz CT molecular complexity index is 660. The lowest BCUT2D eigenvalue weighted by Gasteiger charge is -2.07. The van der Waals surface area contributed by atoms with Crippen molar-refractivity contribution in [2.45, 2.75) is 6.10 Å². The van der Waals surface area contributed by atoms with Gasteiger partial charge in [0, 0.05) is 5.69 Å². The molecule has 0 fully saturated rings. The van der Waals surface area contributed by atoms with Crippen LogP contribution < -0.4 is 10.5 Å². The number of nitrogen functional groups attached to an aromatic ring is 1. The van der Waals surface area contributed by atoms with Gasteiger partial charge in [0.05, 0.1) is 11.6 Å². The molecule has 2 aromatic rings. The molecule has 2 aromatic carbocycles. The quantitative estimate of drug-likeness (QED) is 0.384. The monoisotopic (exact) mass is 268 g/mol. The maximum atomic E-state index is 11.9. The SMILES string of the molecule is N#C[C@H](O)c1ccc(OC(=O)c2ccccc2N)cc1. The molecule has 5 heteroatoms. The molecule has 1 atom stereocenters. The number of aliphatic hydroxyl groups excluding tert-OH is 1. The lowest BCUT2D eigenvalue weighted by Crippen LogP contribution is -2.11. The van der Waals surface area contributed by atoms with Crippen molar-refractivity contribution in [3.63, 3.8) is 0 Å². The molecule has 0 heterocycles. The molecule has 0 saturated heterocycles. The predicted molar refractivity (Wildman–Crippen MR) is 72.8 cm³/mol. The van der Waals surface area contributed by atoms with Crippen molar-refractivity contribution in [1.29, 1.82) is 5.26 Å². The minimum atomic E-state index is -1.19. The molecule has 5 nitrogen and oxygen atoms in total. The molecule has 0 saturated carbocycles. The number of hydrogen-bond donors (Lipinski definition) is 2. The lowest BCUT2D eigenvalue weighted by atomic mass is 10.1. The molecule has 100 valence electrons. The van der Waals surface area contributed by atoms with E-state index in [0.29, 0.717) is 17.0 Å². The summed E-state index contributed by atoms with van der Waals surface area (Å²) in [7, 11) is 0. The summed E-state index contributed by atoms with van der Waals surface area (Å²) < 4.78 is 5.17. The average molecular weight is 268 g/mol. The third kappa shape index (κ3) is 2.94. The second-order valence-corrected chi connectivity index (χ2v) is 4.08. The molecule has 20 heavy (non-hydrogen) atoms. The molecule has 0 unspecified atom stereocenters. The van der Waals surface area contributed by atoms with Gasteiger partial charge >= 0.3 is 5.97 Å². The van der Waals surface area contributed by atoms with Crippen LogP contribution in [0.4, 0.5) is 5.69 Å². The topological polar surface area (TPSA) is 96.3 Å². The number of carbonyl (C=O) groups excluding carboxylic acids is 1. The van der Waals surface area contributed by atoms with Crippen LogP contribution in [0.25, 0.3) is 0 Å². The van der Waals surface area contributed by atoms with E-state index in [1.165, 1.54) is 24.3 Å². The molecule has 0 amide bonds. The van der Waals surface area contributed by atoms with E-state index in [0.717, 1.165) is 0 Å². The van der Waals surface area contributed by atoms with E-state index in [2.05, 4.69) is 0 Å². The number of esters is 1. The zero-order valence-electron chi connectivity index (χ0n) is 10.5. The van der Waals surface area contributed by atoms with Crippen molar-refractivity contribution in [1.82, 2.24) is 0 Å². The van der Waals surface area contributed by atoms with Crippen LogP contribution in [0.5, 0.6) is 5.75 Å². The molecule has 0 bridgehead atoms. The number of nitrogens with two attached hydrogens (primary N) is 1. The number of aliphatic hydroxyl groups is 1. The summed E-state index contributed by atoms with van der Waals surface area (Å²) in [5, 5.41) is 17.9. The number of carbonyl (C=O) groups is 1. The summed E-state index contributed by atoms with van der Waals surface area (Å²) in [6, 6.07) is 14.4. The van der Waals surface area contributed by atoms with E-state index in [4.69, 9.17) is 15.7 Å². The normalized spacial score (nSPS) is 11.4. The third-order valence-electron chi connectivity index (χ3n) is 2.71. The Morgan fingerprint density at radius 2 is 1.85 bits per heavy atom. The number of rotatable bonds is 3. The average Bonchev–Trinajstić information content (AvgIpc) is 2.47. The predicted octanol–water partition coefficient (Wildman–Crippen LogP) is 2.04. The van der Waals surface area contributed by atoms with Crippen LogP contribution in [0, 0.1) is 11.3 Å². The first-order valence-electron chi connectivity index (χ1n) is 5.86. The number of para-hydroxylation sites is 1. The fraction of sp³-hybridized carbons (Fsp3) is 0.0667. The van der Waals surface area contributed by atoms with Gasteiger partial charge in [0.25, 0.3) is 0 Å². The lowest BCUT2D eigenvalue weighted by molar-refractivity contribution is 0.0736. The molecule has 0 aliphatic heterocycles. The van der Waals surface area contributed by atoms with Gasteiger partial charge in [-0.1, -0.05) is 24.3 Å². The standard InChI is InChI=1S/C15H12N2O3/c16-9-14(18)10-5-7-11(8-6-10)20-15(19)12-3-1-2-4-13(12)17/h1-8,14,18H,17H2/t14-/m0/s1. The van der Waals surface area contributed by atoms with Crippen LogP contribution in [0.3, 0.4) is 0 Å². The highest BCUT2D eigenvalue weighted by atomic mass is 16.5. The Hall–Kier alpha value is -2.84. The molecule has 0 aromatic heterocycles. The van der Waals surface area contributed by atoms with Crippen molar-refractivity contribution in [3.8, 4) is 11.8 Å². The third-order valence-corrected chi connectivity index (χ3v) is 2.71. The van der Waals surface area contributed by atoms with E-state index in [9.17, 15) is 9.90 Å². The second kappa shape index (κ2) is 5.87. The first-order valence-corrected chi connectivity index (χ1v) is 5.86. The Kier molecular flexibility index (Phi) is 3.99. The highest BCUT2D eigenvalue weighted by Gasteiger charge is 2.12. The van der Waals surface area contributed by atoms with Crippen LogP contribution in [-0.4, -0.2) is 11.1 Å². The fourth-order valence-electron chi connectivity index (χ4n) is 1.64. The van der Waals surface area contributed by atoms with Gasteiger partial charge in [-0.05, 0) is 29.8 Å². The van der Waals surface area contributed by atoms with E-state index >= 15 is 0 Å². The fourth-order valence-corrected chi connectivity index (χ4v) is 1.64. The number of nitrogens with zero attached hydrogens (tertiary/aromatic N) is 1. The van der Waals surface area contributed by atoms with E-state index < -0.39 is 12.1 Å². The van der Waals surface area contributed by atoms with Gasteiger partial charge in [0.2, 0.25) is 0 Å². The Balaban J connectivity index is 2.13. The van der Waals surface area contributed by atoms with Crippen LogP contribution in [0.1, 0.15) is 22.0 Å². The summed E-state index contributed by atoms with van der Waals surface area (Å²) >= 11 is 0. The van der Waals surface area contributed by atoms with E-state index in [1.54, 1.807) is 30.3 Å². The Labute approximate surface area is 115 Å². The van der Waals surface area contributed by atoms with Gasteiger partial charge in [-0.2, -0.15) is 5.26 Å². The van der Waals surface area contributed by atoms with Gasteiger partial charge in [0.1, 0.15) is 5.75 Å². The van der Waals surface area contributed by atoms with Gasteiger partial charge in [-0.25, -0.2) is 4.79 Å². The number of benzene rings is 2. The van der Waals surface area contributed by atoms with Crippen LogP contribution in [-0.2, 0) is 0 Å². The summed E-state index contributed by atoms with van der Waals surface area (Å²) in [5.41, 5.74) is 6.75. The summed E-state index contributed by atoms with van der Waals surface area (Å²) in [5.74, 6) is -0.246. The minimum absolute atomic E-state index is 0.286. The first-order chi connectivity index (χ1) is 9.61. The second-order valence-electron chi connectivity index (χ2n) is 4.08. The smallest absolute Gasteiger partial charge is 0.345 e. The molecule has 0 aliphatic rings. The van der Waals surface area contributed by atoms with Gasteiger partial charge in [0.15, 0.2) is 6.10 Å². The number of anilines is 1. The zero-order valence-corrected chi connectivity index (χ0v) is 10.5. The zero-order chi connectivity index (χ0) is 14.5. The van der Waals surface area contributed by atoms with Gasteiger partial charge in [-0.3, -0.25) is 0 Å². The van der Waals surface area contributed by atoms with E-state index in [1.807, 2.05) is 0 Å². The number of ether oxygens (including phenoxy) is 1. The van der Waals surface area contributed by atoms with Crippen molar-refractivity contribution >= 4 is 11.7 Å². The van der Waals surface area contributed by atoms with Crippen molar-refractivity contribution in [3.05, 3.63) is 59.7 Å².